The first-order chi connectivity index (χ1) is 7.08. The minimum absolute atomic E-state index is 0.129. The monoisotopic (exact) mass is 224 g/mol. The van der Waals surface area contributed by atoms with Gasteiger partial charge in [0, 0.05) is 16.5 Å². The summed E-state index contributed by atoms with van der Waals surface area (Å²) in [5, 5.41) is 0.976. The van der Waals surface area contributed by atoms with E-state index in [0.29, 0.717) is 17.6 Å². The summed E-state index contributed by atoms with van der Waals surface area (Å²) in [5.74, 6) is 0.456. The molecule has 1 heterocycles. The SMILES string of the molecule is COc1ccc2c(c1)S(=O)(=O)C=C2C=O. The number of rotatable bonds is 2. The van der Waals surface area contributed by atoms with Crippen LogP contribution in [0.4, 0.5) is 0 Å². The molecule has 78 valence electrons. The summed E-state index contributed by atoms with van der Waals surface area (Å²) < 4.78 is 28.1. The lowest BCUT2D eigenvalue weighted by molar-refractivity contribution is -0.103. The van der Waals surface area contributed by atoms with Crippen LogP contribution in [0, 0.1) is 0 Å². The number of fused-ring (bicyclic) bond motifs is 1. The fourth-order valence-electron chi connectivity index (χ4n) is 1.49. The van der Waals surface area contributed by atoms with Crippen molar-refractivity contribution in [1.82, 2.24) is 0 Å². The van der Waals surface area contributed by atoms with Gasteiger partial charge in [-0.25, -0.2) is 8.42 Å². The van der Waals surface area contributed by atoms with Crippen LogP contribution in [0.1, 0.15) is 5.56 Å². The molecular weight excluding hydrogens is 216 g/mol. The highest BCUT2D eigenvalue weighted by Crippen LogP contribution is 2.34. The summed E-state index contributed by atoms with van der Waals surface area (Å²) in [6, 6.07) is 4.60. The molecule has 0 atom stereocenters. The fraction of sp³-hybridized carbons (Fsp3) is 0.100. The van der Waals surface area contributed by atoms with E-state index < -0.39 is 9.84 Å². The lowest BCUT2D eigenvalue weighted by Crippen LogP contribution is -1.94. The Bertz CT molecular complexity index is 555. The predicted molar refractivity (Wildman–Crippen MR) is 54.2 cm³/mol. The lowest BCUT2D eigenvalue weighted by atomic mass is 10.1. The summed E-state index contributed by atoms with van der Waals surface area (Å²) in [6.45, 7) is 0. The van der Waals surface area contributed by atoms with Gasteiger partial charge in [-0.05, 0) is 18.2 Å². The third-order valence-electron chi connectivity index (χ3n) is 2.22. The Hall–Kier alpha value is -1.62. The maximum Gasteiger partial charge on any atom is 0.201 e. The van der Waals surface area contributed by atoms with E-state index in [4.69, 9.17) is 4.74 Å². The second-order valence-corrected chi connectivity index (χ2v) is 4.86. The smallest absolute Gasteiger partial charge is 0.201 e. The van der Waals surface area contributed by atoms with Gasteiger partial charge in [-0.15, -0.1) is 0 Å². The van der Waals surface area contributed by atoms with Crippen molar-refractivity contribution in [3.8, 4) is 5.75 Å². The normalized spacial score (nSPS) is 16.7. The van der Waals surface area contributed by atoms with Gasteiger partial charge in [0.15, 0.2) is 6.29 Å². The summed E-state index contributed by atoms with van der Waals surface area (Å²) >= 11 is 0. The minimum atomic E-state index is -3.47. The van der Waals surface area contributed by atoms with Crippen LogP contribution < -0.4 is 4.74 Å². The van der Waals surface area contributed by atoms with Gasteiger partial charge in [0.2, 0.25) is 9.84 Å². The van der Waals surface area contributed by atoms with Gasteiger partial charge < -0.3 is 4.74 Å². The molecule has 0 unspecified atom stereocenters. The van der Waals surface area contributed by atoms with Gasteiger partial charge in [0.1, 0.15) is 5.75 Å². The molecule has 0 amide bonds. The summed E-state index contributed by atoms with van der Waals surface area (Å²) in [6.07, 6.45) is 0.538. The molecule has 5 heteroatoms. The molecule has 0 spiro atoms. The zero-order valence-corrected chi connectivity index (χ0v) is 8.74. The number of ether oxygens (including phenoxy) is 1. The lowest BCUT2D eigenvalue weighted by Gasteiger charge is -2.03. The molecule has 0 aliphatic carbocycles. The number of sulfone groups is 1. The first kappa shape index (κ1) is 9.92. The van der Waals surface area contributed by atoms with E-state index in [9.17, 15) is 13.2 Å². The molecule has 0 aromatic heterocycles. The highest BCUT2D eigenvalue weighted by Gasteiger charge is 2.26. The van der Waals surface area contributed by atoms with Crippen LogP contribution in [-0.2, 0) is 14.6 Å². The van der Waals surface area contributed by atoms with Crippen LogP contribution in [0.5, 0.6) is 5.75 Å². The van der Waals surface area contributed by atoms with E-state index >= 15 is 0 Å². The molecule has 0 saturated heterocycles. The number of allylic oxidation sites excluding steroid dienone is 1. The Morgan fingerprint density at radius 3 is 2.67 bits per heavy atom. The zero-order chi connectivity index (χ0) is 11.1. The van der Waals surface area contributed by atoms with Crippen molar-refractivity contribution in [2.75, 3.05) is 7.11 Å². The van der Waals surface area contributed by atoms with E-state index in [-0.39, 0.29) is 10.5 Å². The molecule has 1 aliphatic heterocycles. The number of hydrogen-bond donors (Lipinski definition) is 0. The number of aldehydes is 1. The Labute approximate surface area is 87.1 Å². The zero-order valence-electron chi connectivity index (χ0n) is 7.93. The number of benzene rings is 1. The number of carbonyl (C=O) groups is 1. The third-order valence-corrected chi connectivity index (χ3v) is 3.73. The van der Waals surface area contributed by atoms with Crippen molar-refractivity contribution in [2.45, 2.75) is 4.90 Å². The van der Waals surface area contributed by atoms with Crippen LogP contribution in [0.15, 0.2) is 28.5 Å². The van der Waals surface area contributed by atoms with Gasteiger partial charge in [-0.3, -0.25) is 4.79 Å². The molecule has 2 rings (SSSR count). The van der Waals surface area contributed by atoms with Crippen LogP contribution >= 0.6 is 0 Å². The van der Waals surface area contributed by atoms with Crippen molar-refractivity contribution in [3.63, 3.8) is 0 Å². The molecule has 4 nitrogen and oxygen atoms in total. The predicted octanol–water partition coefficient (Wildman–Crippen LogP) is 1.02. The van der Waals surface area contributed by atoms with E-state index in [1.165, 1.54) is 13.2 Å². The fourth-order valence-corrected chi connectivity index (χ4v) is 2.91. The topological polar surface area (TPSA) is 60.4 Å². The van der Waals surface area contributed by atoms with Gasteiger partial charge >= 0.3 is 0 Å². The van der Waals surface area contributed by atoms with Crippen molar-refractivity contribution >= 4 is 21.7 Å². The summed E-state index contributed by atoms with van der Waals surface area (Å²) in [7, 11) is -2.02. The molecule has 0 N–H and O–H groups in total. The molecular formula is C10H8O4S. The van der Waals surface area contributed by atoms with Gasteiger partial charge in [0.05, 0.1) is 12.0 Å². The van der Waals surface area contributed by atoms with Crippen LogP contribution in [0.3, 0.4) is 0 Å². The highest BCUT2D eigenvalue weighted by atomic mass is 32.2. The molecule has 0 bridgehead atoms. The Balaban J connectivity index is 2.72. The van der Waals surface area contributed by atoms with Crippen molar-refractivity contribution in [3.05, 3.63) is 29.2 Å². The van der Waals surface area contributed by atoms with Crippen molar-refractivity contribution in [2.24, 2.45) is 0 Å². The quantitative estimate of drug-likeness (QED) is 0.704. The Morgan fingerprint density at radius 1 is 1.33 bits per heavy atom. The largest absolute Gasteiger partial charge is 0.497 e. The molecule has 0 saturated carbocycles. The molecule has 0 fully saturated rings. The van der Waals surface area contributed by atoms with E-state index in [0.717, 1.165) is 5.41 Å². The van der Waals surface area contributed by atoms with Crippen LogP contribution in [-0.4, -0.2) is 21.8 Å². The van der Waals surface area contributed by atoms with Crippen molar-refractivity contribution < 1.29 is 17.9 Å². The standard InChI is InChI=1S/C10H8O4S/c1-14-8-2-3-9-7(5-11)6-15(12,13)10(9)4-8/h2-6H,1H3. The van der Waals surface area contributed by atoms with E-state index in [1.807, 2.05) is 0 Å². The molecule has 1 aromatic rings. The average molecular weight is 224 g/mol. The molecule has 1 aliphatic rings. The number of hydrogen-bond acceptors (Lipinski definition) is 4. The van der Waals surface area contributed by atoms with E-state index in [2.05, 4.69) is 0 Å². The average Bonchev–Trinajstić information content (AvgIpc) is 2.50. The van der Waals surface area contributed by atoms with Crippen LogP contribution in [0.2, 0.25) is 0 Å². The highest BCUT2D eigenvalue weighted by molar-refractivity contribution is 7.95. The number of methoxy groups -OCH3 is 1. The summed E-state index contributed by atoms with van der Waals surface area (Å²) in [5.41, 5.74) is 0.624. The second-order valence-electron chi connectivity index (χ2n) is 3.10. The summed E-state index contributed by atoms with van der Waals surface area (Å²) in [4.78, 5) is 10.8. The van der Waals surface area contributed by atoms with Gasteiger partial charge in [-0.1, -0.05) is 0 Å². The first-order valence-corrected chi connectivity index (χ1v) is 5.73. The maximum absolute atomic E-state index is 11.6. The number of carbonyl (C=O) groups excluding carboxylic acids is 1. The Morgan fingerprint density at radius 2 is 2.07 bits per heavy atom. The van der Waals surface area contributed by atoms with Crippen LogP contribution in [0.25, 0.3) is 5.57 Å². The first-order valence-electron chi connectivity index (χ1n) is 4.19. The molecule has 0 radical (unpaired) electrons. The second kappa shape index (κ2) is 3.20. The van der Waals surface area contributed by atoms with Gasteiger partial charge in [-0.2, -0.15) is 0 Å². The molecule has 15 heavy (non-hydrogen) atoms. The van der Waals surface area contributed by atoms with E-state index in [1.54, 1.807) is 12.1 Å². The minimum Gasteiger partial charge on any atom is -0.497 e. The third kappa shape index (κ3) is 1.45. The van der Waals surface area contributed by atoms with Gasteiger partial charge in [0.25, 0.3) is 0 Å². The molecule has 1 aromatic carbocycles. The van der Waals surface area contributed by atoms with Crippen molar-refractivity contribution in [1.29, 1.82) is 0 Å². The maximum atomic E-state index is 11.6. The Kier molecular flexibility index (Phi) is 2.12.